The van der Waals surface area contributed by atoms with Crippen LogP contribution in [0.3, 0.4) is 0 Å². The molecule has 0 aromatic carbocycles. The first-order valence-electron chi connectivity index (χ1n) is 4.03. The van der Waals surface area contributed by atoms with Crippen molar-refractivity contribution in [1.82, 2.24) is 9.61 Å². The van der Waals surface area contributed by atoms with Crippen LogP contribution in [0.25, 0.3) is 5.52 Å². The van der Waals surface area contributed by atoms with E-state index in [0.717, 1.165) is 0 Å². The number of ether oxygens (including phenoxy) is 1. The van der Waals surface area contributed by atoms with Crippen molar-refractivity contribution in [3.8, 4) is 0 Å². The summed E-state index contributed by atoms with van der Waals surface area (Å²) in [7, 11) is 6.90. The van der Waals surface area contributed by atoms with Crippen molar-refractivity contribution in [3.05, 3.63) is 30.1 Å². The first kappa shape index (κ1) is 8.81. The fraction of sp³-hybridized carbons (Fsp3) is 0.111. The summed E-state index contributed by atoms with van der Waals surface area (Å²) in [5.74, 6) is -0.398. The minimum absolute atomic E-state index is 0.398. The predicted molar refractivity (Wildman–Crippen MR) is 51.9 cm³/mol. The van der Waals surface area contributed by atoms with E-state index >= 15 is 0 Å². The van der Waals surface area contributed by atoms with Crippen LogP contribution in [-0.2, 0) is 4.74 Å². The van der Waals surface area contributed by atoms with Crippen molar-refractivity contribution < 1.29 is 9.53 Å². The van der Waals surface area contributed by atoms with Crippen LogP contribution < -0.4 is 5.46 Å². The van der Waals surface area contributed by atoms with Crippen molar-refractivity contribution >= 4 is 24.8 Å². The number of rotatable bonds is 1. The van der Waals surface area contributed by atoms with E-state index in [1.54, 1.807) is 22.8 Å². The minimum atomic E-state index is -0.398. The largest absolute Gasteiger partial charge is 0.465 e. The van der Waals surface area contributed by atoms with E-state index in [9.17, 15) is 4.79 Å². The molecule has 2 radical (unpaired) electrons. The standard InChI is InChI=1S/C9H7BN2O2/c1-14-9(13)7-4-11-12-5-6(10)2-3-8(7)12/h2-5H,1H3. The molecule has 0 saturated heterocycles. The van der Waals surface area contributed by atoms with Gasteiger partial charge in [-0.05, 0) is 6.07 Å². The maximum absolute atomic E-state index is 11.3. The molecule has 0 bridgehead atoms. The molecule has 14 heavy (non-hydrogen) atoms. The van der Waals surface area contributed by atoms with Crippen LogP contribution in [0.5, 0.6) is 0 Å². The fourth-order valence-corrected chi connectivity index (χ4v) is 1.27. The first-order chi connectivity index (χ1) is 6.72. The summed E-state index contributed by atoms with van der Waals surface area (Å²) in [6.07, 6.45) is 3.10. The summed E-state index contributed by atoms with van der Waals surface area (Å²) in [5, 5.41) is 3.98. The van der Waals surface area contributed by atoms with Crippen LogP contribution in [0, 0.1) is 0 Å². The van der Waals surface area contributed by atoms with Gasteiger partial charge in [0, 0.05) is 6.20 Å². The van der Waals surface area contributed by atoms with Gasteiger partial charge in [-0.1, -0.05) is 11.5 Å². The van der Waals surface area contributed by atoms with Crippen LogP contribution in [-0.4, -0.2) is 30.5 Å². The molecule has 0 aliphatic carbocycles. The summed E-state index contributed by atoms with van der Waals surface area (Å²) >= 11 is 0. The van der Waals surface area contributed by atoms with Gasteiger partial charge < -0.3 is 4.74 Å². The van der Waals surface area contributed by atoms with Gasteiger partial charge in [-0.15, -0.1) is 0 Å². The highest BCUT2D eigenvalue weighted by atomic mass is 16.5. The normalized spacial score (nSPS) is 10.4. The number of hydrogen-bond donors (Lipinski definition) is 0. The van der Waals surface area contributed by atoms with E-state index in [-0.39, 0.29) is 0 Å². The number of fused-ring (bicyclic) bond motifs is 1. The molecule has 0 amide bonds. The van der Waals surface area contributed by atoms with Gasteiger partial charge in [0.15, 0.2) is 0 Å². The second-order valence-corrected chi connectivity index (χ2v) is 2.84. The molecule has 0 unspecified atom stereocenters. The third-order valence-corrected chi connectivity index (χ3v) is 1.94. The van der Waals surface area contributed by atoms with E-state index in [1.807, 2.05) is 0 Å². The molecule has 0 aliphatic heterocycles. The third-order valence-electron chi connectivity index (χ3n) is 1.94. The van der Waals surface area contributed by atoms with E-state index in [2.05, 4.69) is 9.84 Å². The highest BCUT2D eigenvalue weighted by Gasteiger charge is 2.11. The van der Waals surface area contributed by atoms with E-state index < -0.39 is 5.97 Å². The van der Waals surface area contributed by atoms with Gasteiger partial charge in [-0.25, -0.2) is 9.31 Å². The van der Waals surface area contributed by atoms with Crippen LogP contribution in [0.2, 0.25) is 0 Å². The molecule has 0 fully saturated rings. The number of esters is 1. The molecule has 2 rings (SSSR count). The van der Waals surface area contributed by atoms with Gasteiger partial charge in [-0.3, -0.25) is 0 Å². The van der Waals surface area contributed by atoms with Crippen LogP contribution in [0.4, 0.5) is 0 Å². The monoisotopic (exact) mass is 186 g/mol. The van der Waals surface area contributed by atoms with Gasteiger partial charge >= 0.3 is 5.97 Å². The van der Waals surface area contributed by atoms with Crippen molar-refractivity contribution in [3.63, 3.8) is 0 Å². The molecule has 2 heterocycles. The Morgan fingerprint density at radius 1 is 1.57 bits per heavy atom. The molecule has 2 aromatic heterocycles. The van der Waals surface area contributed by atoms with Crippen molar-refractivity contribution in [1.29, 1.82) is 0 Å². The molecule has 0 N–H and O–H groups in total. The van der Waals surface area contributed by atoms with Crippen molar-refractivity contribution in [2.75, 3.05) is 7.11 Å². The number of pyridine rings is 1. The highest BCUT2D eigenvalue weighted by Crippen LogP contribution is 2.09. The quantitative estimate of drug-likeness (QED) is 0.461. The molecule has 0 saturated carbocycles. The van der Waals surface area contributed by atoms with Gasteiger partial charge in [0.2, 0.25) is 0 Å². The Morgan fingerprint density at radius 3 is 3.07 bits per heavy atom. The van der Waals surface area contributed by atoms with Crippen molar-refractivity contribution in [2.45, 2.75) is 0 Å². The predicted octanol–water partition coefficient (Wildman–Crippen LogP) is -0.0853. The molecule has 68 valence electrons. The third kappa shape index (κ3) is 1.27. The Balaban J connectivity index is 2.64. The van der Waals surface area contributed by atoms with E-state index in [1.165, 1.54) is 13.3 Å². The molecule has 4 nitrogen and oxygen atoms in total. The van der Waals surface area contributed by atoms with Crippen LogP contribution in [0.15, 0.2) is 24.5 Å². The Kier molecular flexibility index (Phi) is 2.00. The highest BCUT2D eigenvalue weighted by molar-refractivity contribution is 6.32. The average molecular weight is 186 g/mol. The zero-order chi connectivity index (χ0) is 10.1. The second-order valence-electron chi connectivity index (χ2n) is 2.84. The number of carbonyl (C=O) groups excluding carboxylic acids is 1. The number of methoxy groups -OCH3 is 1. The van der Waals surface area contributed by atoms with Gasteiger partial charge in [0.1, 0.15) is 13.4 Å². The lowest BCUT2D eigenvalue weighted by atomic mass is 9.99. The zero-order valence-electron chi connectivity index (χ0n) is 7.60. The minimum Gasteiger partial charge on any atom is -0.465 e. The lowest BCUT2D eigenvalue weighted by Crippen LogP contribution is -2.06. The Labute approximate surface area is 81.9 Å². The average Bonchev–Trinajstić information content (AvgIpc) is 2.59. The smallest absolute Gasteiger partial charge is 0.341 e. The summed E-state index contributed by atoms with van der Waals surface area (Å²) in [6, 6.07) is 3.44. The zero-order valence-corrected chi connectivity index (χ0v) is 7.60. The summed E-state index contributed by atoms with van der Waals surface area (Å²) in [5.41, 5.74) is 1.72. The van der Waals surface area contributed by atoms with Gasteiger partial charge in [0.05, 0.1) is 18.8 Å². The Hall–Kier alpha value is -1.78. The maximum Gasteiger partial charge on any atom is 0.341 e. The molecule has 0 atom stereocenters. The maximum atomic E-state index is 11.3. The lowest BCUT2D eigenvalue weighted by Gasteiger charge is -1.97. The SMILES string of the molecule is [B]c1ccc2c(C(=O)OC)cnn2c1. The van der Waals surface area contributed by atoms with Crippen LogP contribution >= 0.6 is 0 Å². The summed E-state index contributed by atoms with van der Waals surface area (Å²) in [4.78, 5) is 11.3. The lowest BCUT2D eigenvalue weighted by molar-refractivity contribution is 0.0603. The molecular formula is C9H7BN2O2. The summed E-state index contributed by atoms with van der Waals surface area (Å²) in [6.45, 7) is 0. The number of carbonyl (C=O) groups is 1. The Bertz CT molecular complexity index is 493. The fourth-order valence-electron chi connectivity index (χ4n) is 1.27. The molecule has 2 aromatic rings. The number of nitrogens with zero attached hydrogens (tertiary/aromatic N) is 2. The number of aromatic nitrogens is 2. The van der Waals surface area contributed by atoms with Crippen LogP contribution in [0.1, 0.15) is 10.4 Å². The van der Waals surface area contributed by atoms with E-state index in [0.29, 0.717) is 16.5 Å². The first-order valence-corrected chi connectivity index (χ1v) is 4.03. The van der Waals surface area contributed by atoms with Gasteiger partial charge in [-0.2, -0.15) is 5.10 Å². The Morgan fingerprint density at radius 2 is 2.36 bits per heavy atom. The molecular weight excluding hydrogens is 179 g/mol. The van der Waals surface area contributed by atoms with Crippen molar-refractivity contribution in [2.24, 2.45) is 0 Å². The summed E-state index contributed by atoms with van der Waals surface area (Å²) < 4.78 is 6.15. The molecule has 0 spiro atoms. The molecule has 5 heteroatoms. The second kappa shape index (κ2) is 3.18. The van der Waals surface area contributed by atoms with E-state index in [4.69, 9.17) is 7.85 Å². The molecule has 0 aliphatic rings. The topological polar surface area (TPSA) is 43.6 Å². The van der Waals surface area contributed by atoms with Gasteiger partial charge in [0.25, 0.3) is 0 Å². The number of hydrogen-bond acceptors (Lipinski definition) is 3.